The number of rotatable bonds is 8. The highest BCUT2D eigenvalue weighted by Crippen LogP contribution is 2.27. The average molecular weight is 381 g/mol. The van der Waals surface area contributed by atoms with Crippen LogP contribution < -0.4 is 25.6 Å². The highest BCUT2D eigenvalue weighted by molar-refractivity contribution is 7.80. The molecule has 26 heavy (non-hydrogen) atoms. The van der Waals surface area contributed by atoms with Gasteiger partial charge in [-0.1, -0.05) is 6.07 Å². The first kappa shape index (κ1) is 21.4. The topological polar surface area (TPSA) is 97.9 Å². The summed E-state index contributed by atoms with van der Waals surface area (Å²) < 4.78 is 15.4. The predicted octanol–water partition coefficient (Wildman–Crippen LogP) is 1.17. The molecule has 0 fully saturated rings. The van der Waals surface area contributed by atoms with Gasteiger partial charge in [-0.3, -0.25) is 25.8 Å². The van der Waals surface area contributed by atoms with Gasteiger partial charge in [0.05, 0.1) is 27.2 Å². The maximum absolute atomic E-state index is 11.8. The molecule has 3 N–H and O–H groups in total. The highest BCUT2D eigenvalue weighted by atomic mass is 32.1. The molecular formula is C17H23N3O5S. The van der Waals surface area contributed by atoms with Crippen molar-refractivity contribution in [2.24, 2.45) is 0 Å². The van der Waals surface area contributed by atoms with Crippen LogP contribution in [0.25, 0.3) is 6.08 Å². The van der Waals surface area contributed by atoms with E-state index in [1.807, 2.05) is 6.92 Å². The second-order valence-corrected chi connectivity index (χ2v) is 5.29. The SMILES string of the molecule is CCOCCC(=O)NNC(=S)NC(=O)/C=C/c1ccc(OC)c(OC)c1. The maximum Gasteiger partial charge on any atom is 0.250 e. The van der Waals surface area contributed by atoms with Crippen molar-refractivity contribution < 1.29 is 23.8 Å². The van der Waals surface area contributed by atoms with E-state index in [1.165, 1.54) is 13.2 Å². The predicted molar refractivity (Wildman–Crippen MR) is 102 cm³/mol. The Morgan fingerprint density at radius 1 is 1.15 bits per heavy atom. The van der Waals surface area contributed by atoms with Gasteiger partial charge in [-0.2, -0.15) is 0 Å². The maximum atomic E-state index is 11.8. The fraction of sp³-hybridized carbons (Fsp3) is 0.353. The van der Waals surface area contributed by atoms with E-state index in [2.05, 4.69) is 16.2 Å². The summed E-state index contributed by atoms with van der Waals surface area (Å²) in [4.78, 5) is 23.3. The number of hydrazine groups is 1. The summed E-state index contributed by atoms with van der Waals surface area (Å²) in [6.07, 6.45) is 3.10. The number of hydrogen-bond donors (Lipinski definition) is 3. The lowest BCUT2D eigenvalue weighted by atomic mass is 10.2. The van der Waals surface area contributed by atoms with Gasteiger partial charge >= 0.3 is 0 Å². The molecule has 0 aliphatic rings. The first-order chi connectivity index (χ1) is 12.5. The van der Waals surface area contributed by atoms with Gasteiger partial charge in [0.25, 0.3) is 0 Å². The third-order valence-electron chi connectivity index (χ3n) is 3.06. The van der Waals surface area contributed by atoms with Crippen LogP contribution in [0.3, 0.4) is 0 Å². The molecule has 0 aliphatic heterocycles. The molecule has 0 spiro atoms. The molecule has 1 aromatic carbocycles. The van der Waals surface area contributed by atoms with Crippen molar-refractivity contribution in [3.05, 3.63) is 29.8 Å². The molecule has 0 bridgehead atoms. The number of hydrogen-bond acceptors (Lipinski definition) is 6. The van der Waals surface area contributed by atoms with Crippen molar-refractivity contribution in [1.29, 1.82) is 0 Å². The van der Waals surface area contributed by atoms with Crippen LogP contribution in [0, 0.1) is 0 Å². The van der Waals surface area contributed by atoms with E-state index in [-0.39, 0.29) is 17.4 Å². The Bertz CT molecular complexity index is 664. The largest absolute Gasteiger partial charge is 0.493 e. The normalized spacial score (nSPS) is 10.3. The fourth-order valence-corrected chi connectivity index (χ4v) is 1.96. The Kier molecular flexibility index (Phi) is 9.73. The van der Waals surface area contributed by atoms with Crippen LogP contribution in [0.2, 0.25) is 0 Å². The van der Waals surface area contributed by atoms with E-state index >= 15 is 0 Å². The summed E-state index contributed by atoms with van der Waals surface area (Å²) in [5, 5.41) is 2.40. The van der Waals surface area contributed by atoms with Crippen molar-refractivity contribution in [1.82, 2.24) is 16.2 Å². The number of thiocarbonyl (C=S) groups is 1. The molecule has 0 heterocycles. The van der Waals surface area contributed by atoms with Crippen molar-refractivity contribution >= 4 is 35.2 Å². The summed E-state index contributed by atoms with van der Waals surface area (Å²) >= 11 is 4.93. The van der Waals surface area contributed by atoms with Crippen LogP contribution in [0.1, 0.15) is 18.9 Å². The zero-order valence-corrected chi connectivity index (χ0v) is 15.8. The number of carbonyl (C=O) groups is 2. The number of methoxy groups -OCH3 is 2. The molecule has 0 saturated heterocycles. The number of ether oxygens (including phenoxy) is 3. The zero-order chi connectivity index (χ0) is 19.4. The minimum Gasteiger partial charge on any atom is -0.493 e. The van der Waals surface area contributed by atoms with Crippen molar-refractivity contribution in [2.75, 3.05) is 27.4 Å². The third-order valence-corrected chi connectivity index (χ3v) is 3.27. The lowest BCUT2D eigenvalue weighted by Crippen LogP contribution is -2.48. The Labute approximate surface area is 157 Å². The molecule has 0 unspecified atom stereocenters. The fourth-order valence-electron chi connectivity index (χ4n) is 1.81. The van der Waals surface area contributed by atoms with Crippen LogP contribution in [0.5, 0.6) is 11.5 Å². The summed E-state index contributed by atoms with van der Waals surface area (Å²) in [5.41, 5.74) is 5.57. The van der Waals surface area contributed by atoms with Gasteiger partial charge in [0.15, 0.2) is 16.6 Å². The summed E-state index contributed by atoms with van der Waals surface area (Å²) in [5.74, 6) is 0.415. The van der Waals surface area contributed by atoms with E-state index in [4.69, 9.17) is 26.4 Å². The lowest BCUT2D eigenvalue weighted by Gasteiger charge is -2.09. The van der Waals surface area contributed by atoms with Gasteiger partial charge in [0.2, 0.25) is 11.8 Å². The molecular weight excluding hydrogens is 358 g/mol. The van der Waals surface area contributed by atoms with Crippen LogP contribution in [-0.2, 0) is 14.3 Å². The quantitative estimate of drug-likeness (QED) is 0.269. The molecule has 1 aromatic rings. The van der Waals surface area contributed by atoms with Crippen LogP contribution >= 0.6 is 12.2 Å². The smallest absolute Gasteiger partial charge is 0.250 e. The van der Waals surface area contributed by atoms with Gasteiger partial charge in [-0.05, 0) is 42.9 Å². The minimum absolute atomic E-state index is 0.0169. The van der Waals surface area contributed by atoms with Crippen LogP contribution in [-0.4, -0.2) is 44.4 Å². The number of benzene rings is 1. The molecule has 0 aromatic heterocycles. The second-order valence-electron chi connectivity index (χ2n) is 4.89. The van der Waals surface area contributed by atoms with Crippen LogP contribution in [0.15, 0.2) is 24.3 Å². The number of nitrogens with one attached hydrogen (secondary N) is 3. The third kappa shape index (κ3) is 7.95. The molecule has 9 heteroatoms. The van der Waals surface area contributed by atoms with E-state index < -0.39 is 5.91 Å². The number of carbonyl (C=O) groups excluding carboxylic acids is 2. The lowest BCUT2D eigenvalue weighted by molar-refractivity contribution is -0.123. The molecule has 8 nitrogen and oxygen atoms in total. The second kappa shape index (κ2) is 11.8. The summed E-state index contributed by atoms with van der Waals surface area (Å²) in [6.45, 7) is 2.70. The summed E-state index contributed by atoms with van der Waals surface area (Å²) in [7, 11) is 3.08. The minimum atomic E-state index is -0.444. The molecule has 1 rings (SSSR count). The van der Waals surface area contributed by atoms with Crippen molar-refractivity contribution in [2.45, 2.75) is 13.3 Å². The van der Waals surface area contributed by atoms with Gasteiger partial charge < -0.3 is 14.2 Å². The Balaban J connectivity index is 2.44. The molecule has 0 saturated carbocycles. The Morgan fingerprint density at radius 3 is 2.54 bits per heavy atom. The average Bonchev–Trinajstić information content (AvgIpc) is 2.64. The molecule has 2 amide bonds. The van der Waals surface area contributed by atoms with Gasteiger partial charge in [0.1, 0.15) is 0 Å². The van der Waals surface area contributed by atoms with Gasteiger partial charge in [-0.25, -0.2) is 0 Å². The van der Waals surface area contributed by atoms with Crippen molar-refractivity contribution in [3.8, 4) is 11.5 Å². The first-order valence-electron chi connectivity index (χ1n) is 7.87. The van der Waals surface area contributed by atoms with E-state index in [9.17, 15) is 9.59 Å². The van der Waals surface area contributed by atoms with E-state index in [0.717, 1.165) is 5.56 Å². The standard InChI is InChI=1S/C17H23N3O5S/c1-4-25-10-9-16(22)19-20-17(26)18-15(21)8-6-12-5-7-13(23-2)14(11-12)24-3/h5-8,11H,4,9-10H2,1-3H3,(H,19,22)(H2,18,20,21,26)/b8-6+. The molecule has 0 atom stereocenters. The van der Waals surface area contributed by atoms with E-state index in [0.29, 0.717) is 24.7 Å². The van der Waals surface area contributed by atoms with Gasteiger partial charge in [-0.15, -0.1) is 0 Å². The van der Waals surface area contributed by atoms with Gasteiger partial charge in [0, 0.05) is 12.7 Å². The molecule has 0 radical (unpaired) electrons. The molecule has 142 valence electrons. The monoisotopic (exact) mass is 381 g/mol. The van der Waals surface area contributed by atoms with Crippen LogP contribution in [0.4, 0.5) is 0 Å². The van der Waals surface area contributed by atoms with Crippen molar-refractivity contribution in [3.63, 3.8) is 0 Å². The summed E-state index contributed by atoms with van der Waals surface area (Å²) in [6, 6.07) is 5.25. The Hall–Kier alpha value is -2.65. The molecule has 0 aliphatic carbocycles. The highest BCUT2D eigenvalue weighted by Gasteiger charge is 2.05. The zero-order valence-electron chi connectivity index (χ0n) is 15.0. The Morgan fingerprint density at radius 2 is 1.88 bits per heavy atom. The van der Waals surface area contributed by atoms with E-state index in [1.54, 1.807) is 31.4 Å². The number of amides is 2. The first-order valence-corrected chi connectivity index (χ1v) is 8.28.